The van der Waals surface area contributed by atoms with Crippen LogP contribution in [0.15, 0.2) is 0 Å². The van der Waals surface area contributed by atoms with Crippen molar-refractivity contribution in [3.05, 3.63) is 0 Å². The zero-order valence-corrected chi connectivity index (χ0v) is 21.4. The van der Waals surface area contributed by atoms with Crippen LogP contribution in [0.2, 0.25) is 0 Å². The standard InChI is InChI=1S/C27H47NO5/c1-5-6-7-8-9-10-11-12-17-28-24(29)18-23-20(3)22-14-13-19(2)21-15-16-26(4)31-25(30-23)27(21,22)33-32-26/h19-23,25H,5-18H2,1-4H3,(H,28,29)/t19-,20-,21+,22+,23-,25-,26-,27-/m1/s1. The van der Waals surface area contributed by atoms with E-state index in [2.05, 4.69) is 26.1 Å². The number of hydrogen-bond acceptors (Lipinski definition) is 5. The molecule has 1 spiro atoms. The van der Waals surface area contributed by atoms with E-state index in [1.54, 1.807) is 0 Å². The molecule has 5 rings (SSSR count). The molecule has 4 aliphatic heterocycles. The van der Waals surface area contributed by atoms with Crippen molar-refractivity contribution in [2.75, 3.05) is 6.54 Å². The van der Waals surface area contributed by atoms with Gasteiger partial charge in [0.15, 0.2) is 11.9 Å². The first kappa shape index (κ1) is 25.4. The van der Waals surface area contributed by atoms with Gasteiger partial charge in [0.2, 0.25) is 11.7 Å². The van der Waals surface area contributed by atoms with Crippen LogP contribution in [0.5, 0.6) is 0 Å². The summed E-state index contributed by atoms with van der Waals surface area (Å²) in [7, 11) is 0. The van der Waals surface area contributed by atoms with Gasteiger partial charge in [0.25, 0.3) is 0 Å². The first-order valence-electron chi connectivity index (χ1n) is 13.9. The number of ether oxygens (including phenoxy) is 2. The minimum absolute atomic E-state index is 0.0913. The summed E-state index contributed by atoms with van der Waals surface area (Å²) < 4.78 is 12.9. The molecule has 4 heterocycles. The second-order valence-electron chi connectivity index (χ2n) is 11.5. The van der Waals surface area contributed by atoms with Crippen LogP contribution < -0.4 is 5.32 Å². The first-order chi connectivity index (χ1) is 15.9. The van der Waals surface area contributed by atoms with Crippen LogP contribution in [0.25, 0.3) is 0 Å². The van der Waals surface area contributed by atoms with Crippen molar-refractivity contribution in [1.29, 1.82) is 0 Å². The van der Waals surface area contributed by atoms with Crippen LogP contribution in [0.3, 0.4) is 0 Å². The van der Waals surface area contributed by atoms with Crippen LogP contribution in [0.1, 0.15) is 111 Å². The highest BCUT2D eigenvalue weighted by Crippen LogP contribution is 2.60. The lowest BCUT2D eigenvalue weighted by Gasteiger charge is -2.60. The molecule has 6 nitrogen and oxygen atoms in total. The molecule has 6 heteroatoms. The molecule has 190 valence electrons. The van der Waals surface area contributed by atoms with Gasteiger partial charge in [-0.3, -0.25) is 4.79 Å². The minimum Gasteiger partial charge on any atom is -0.356 e. The van der Waals surface area contributed by atoms with E-state index >= 15 is 0 Å². The molecule has 4 saturated heterocycles. The summed E-state index contributed by atoms with van der Waals surface area (Å²) in [6, 6.07) is 0. The van der Waals surface area contributed by atoms with Gasteiger partial charge in [-0.05, 0) is 50.4 Å². The number of hydrogen-bond donors (Lipinski definition) is 1. The van der Waals surface area contributed by atoms with Crippen molar-refractivity contribution >= 4 is 5.91 Å². The lowest BCUT2D eigenvalue weighted by molar-refractivity contribution is -0.570. The molecule has 33 heavy (non-hydrogen) atoms. The van der Waals surface area contributed by atoms with Crippen molar-refractivity contribution in [3.63, 3.8) is 0 Å². The molecule has 2 bridgehead atoms. The molecule has 0 radical (unpaired) electrons. The Morgan fingerprint density at radius 1 is 0.939 bits per heavy atom. The zero-order chi connectivity index (χ0) is 23.5. The van der Waals surface area contributed by atoms with Gasteiger partial charge < -0.3 is 14.8 Å². The number of nitrogens with one attached hydrogen (secondary N) is 1. The van der Waals surface area contributed by atoms with Gasteiger partial charge in [-0.2, -0.15) is 0 Å². The minimum atomic E-state index is -0.762. The molecule has 0 aromatic carbocycles. The highest BCUT2D eigenvalue weighted by Gasteiger charge is 2.69. The maximum Gasteiger partial charge on any atom is 0.222 e. The van der Waals surface area contributed by atoms with Gasteiger partial charge >= 0.3 is 0 Å². The lowest BCUT2D eigenvalue weighted by atomic mass is 9.57. The monoisotopic (exact) mass is 465 g/mol. The molecule has 8 atom stereocenters. The lowest BCUT2D eigenvalue weighted by Crippen LogP contribution is -2.70. The number of rotatable bonds is 11. The Morgan fingerprint density at radius 2 is 1.67 bits per heavy atom. The topological polar surface area (TPSA) is 66.0 Å². The molecular weight excluding hydrogens is 418 g/mol. The van der Waals surface area contributed by atoms with Gasteiger partial charge in [0.1, 0.15) is 0 Å². The summed E-state index contributed by atoms with van der Waals surface area (Å²) in [4.78, 5) is 24.8. The molecule has 0 unspecified atom stereocenters. The molecule has 1 aliphatic carbocycles. The number of amides is 1. The van der Waals surface area contributed by atoms with E-state index in [1.807, 2.05) is 6.92 Å². The molecular formula is C27H47NO5. The largest absolute Gasteiger partial charge is 0.356 e. The van der Waals surface area contributed by atoms with Crippen molar-refractivity contribution in [2.45, 2.75) is 135 Å². The highest BCUT2D eigenvalue weighted by atomic mass is 17.3. The van der Waals surface area contributed by atoms with Crippen molar-refractivity contribution in [1.82, 2.24) is 5.32 Å². The Bertz CT molecular complexity index is 658. The highest BCUT2D eigenvalue weighted by molar-refractivity contribution is 5.76. The normalized spacial score (nSPS) is 41.9. The van der Waals surface area contributed by atoms with Gasteiger partial charge in [-0.15, -0.1) is 0 Å². The molecule has 1 saturated carbocycles. The van der Waals surface area contributed by atoms with Gasteiger partial charge in [-0.1, -0.05) is 65.7 Å². The Kier molecular flexibility index (Phi) is 8.41. The van der Waals surface area contributed by atoms with E-state index in [-0.39, 0.29) is 23.8 Å². The molecule has 5 aliphatic rings. The summed E-state index contributed by atoms with van der Waals surface area (Å²) in [5.74, 6) is 0.754. The van der Waals surface area contributed by atoms with Gasteiger partial charge in [0.05, 0.1) is 12.5 Å². The fourth-order valence-electron chi connectivity index (χ4n) is 6.95. The van der Waals surface area contributed by atoms with E-state index in [0.717, 1.165) is 32.2 Å². The third kappa shape index (κ3) is 5.29. The predicted octanol–water partition coefficient (Wildman–Crippen LogP) is 5.88. The molecule has 5 fully saturated rings. The second-order valence-corrected chi connectivity index (χ2v) is 11.5. The van der Waals surface area contributed by atoms with Crippen LogP contribution >= 0.6 is 0 Å². The maximum atomic E-state index is 12.8. The summed E-state index contributed by atoms with van der Waals surface area (Å²) in [5, 5.41) is 3.13. The fraction of sp³-hybridized carbons (Fsp3) is 0.963. The van der Waals surface area contributed by atoms with Crippen LogP contribution in [0, 0.1) is 23.7 Å². The third-order valence-corrected chi connectivity index (χ3v) is 9.03. The quantitative estimate of drug-likeness (QED) is 0.305. The molecule has 1 N–H and O–H groups in total. The average molecular weight is 466 g/mol. The van der Waals surface area contributed by atoms with Crippen LogP contribution in [-0.4, -0.2) is 36.2 Å². The molecule has 0 aromatic rings. The number of fused-ring (bicyclic) bond motifs is 2. The zero-order valence-electron chi connectivity index (χ0n) is 21.4. The van der Waals surface area contributed by atoms with Crippen LogP contribution in [0.4, 0.5) is 0 Å². The Balaban J connectivity index is 1.28. The Morgan fingerprint density at radius 3 is 2.42 bits per heavy atom. The van der Waals surface area contributed by atoms with E-state index < -0.39 is 17.7 Å². The van der Waals surface area contributed by atoms with E-state index in [0.29, 0.717) is 18.3 Å². The molecule has 1 amide bonds. The molecule has 0 aromatic heterocycles. The number of carbonyl (C=O) groups is 1. The summed E-state index contributed by atoms with van der Waals surface area (Å²) >= 11 is 0. The summed E-state index contributed by atoms with van der Waals surface area (Å²) in [6.07, 6.45) is 14.1. The van der Waals surface area contributed by atoms with E-state index in [1.165, 1.54) is 51.4 Å². The van der Waals surface area contributed by atoms with Crippen molar-refractivity contribution in [3.8, 4) is 0 Å². The van der Waals surface area contributed by atoms with E-state index in [4.69, 9.17) is 19.2 Å². The number of carbonyl (C=O) groups excluding carboxylic acids is 1. The number of unbranched alkanes of at least 4 members (excludes halogenated alkanes) is 7. The van der Waals surface area contributed by atoms with Gasteiger partial charge in [-0.25, -0.2) is 9.78 Å². The predicted molar refractivity (Wildman–Crippen MR) is 127 cm³/mol. The van der Waals surface area contributed by atoms with Gasteiger partial charge in [0, 0.05) is 18.9 Å². The van der Waals surface area contributed by atoms with E-state index in [9.17, 15) is 4.79 Å². The third-order valence-electron chi connectivity index (χ3n) is 9.03. The van der Waals surface area contributed by atoms with Crippen molar-refractivity contribution < 1.29 is 24.0 Å². The Hall–Kier alpha value is -0.690. The van der Waals surface area contributed by atoms with Crippen molar-refractivity contribution in [2.24, 2.45) is 23.7 Å². The summed E-state index contributed by atoms with van der Waals surface area (Å²) in [6.45, 7) is 9.51. The fourth-order valence-corrected chi connectivity index (χ4v) is 6.95. The average Bonchev–Trinajstić information content (AvgIpc) is 3.02. The van der Waals surface area contributed by atoms with Crippen LogP contribution in [-0.2, 0) is 24.0 Å². The SMILES string of the molecule is CCCCCCCCCCNC(=O)C[C@H]1O[C@@H]2O[C@@]3(C)CC[C@H]4[C@H](C)CC[C@@H]([C@H]1C)[C@@]24OO3. The Labute approximate surface area is 200 Å². The second kappa shape index (κ2) is 10.9. The summed E-state index contributed by atoms with van der Waals surface area (Å²) in [5.41, 5.74) is -0.544. The maximum absolute atomic E-state index is 12.8. The smallest absolute Gasteiger partial charge is 0.222 e. The first-order valence-corrected chi connectivity index (χ1v) is 13.9.